The minimum atomic E-state index is -1.01. The monoisotopic (exact) mass is 457 g/mol. The van der Waals surface area contributed by atoms with Gasteiger partial charge in [-0.05, 0) is 69.4 Å². The van der Waals surface area contributed by atoms with Crippen molar-refractivity contribution in [1.82, 2.24) is 4.57 Å². The van der Waals surface area contributed by atoms with E-state index in [0.717, 1.165) is 3.57 Å². The standard InChI is InChI=1S/C11H6FI2NO2/c12-6-1-2-9(8(14)3-6)15-5-7(13)4-10(15)11(16)17/h1-5H,(H,16,17). The lowest BCUT2D eigenvalue weighted by Gasteiger charge is -2.08. The molecular formula is C11H6FI2NO2. The Morgan fingerprint density at radius 1 is 1.29 bits per heavy atom. The largest absolute Gasteiger partial charge is 0.477 e. The van der Waals surface area contributed by atoms with Crippen molar-refractivity contribution in [2.24, 2.45) is 0 Å². The maximum atomic E-state index is 13.0. The molecule has 0 fully saturated rings. The maximum absolute atomic E-state index is 13.0. The Balaban J connectivity index is 2.63. The first kappa shape index (κ1) is 12.8. The molecule has 0 aliphatic heterocycles. The lowest BCUT2D eigenvalue weighted by atomic mass is 10.3. The summed E-state index contributed by atoms with van der Waals surface area (Å²) in [6.07, 6.45) is 1.71. The minimum absolute atomic E-state index is 0.166. The molecule has 0 unspecified atom stereocenters. The van der Waals surface area contributed by atoms with Crippen molar-refractivity contribution in [1.29, 1.82) is 0 Å². The number of aromatic carboxylic acids is 1. The highest BCUT2D eigenvalue weighted by Crippen LogP contribution is 2.22. The van der Waals surface area contributed by atoms with Crippen molar-refractivity contribution in [3.05, 3.63) is 49.1 Å². The molecule has 0 spiro atoms. The van der Waals surface area contributed by atoms with Gasteiger partial charge in [-0.25, -0.2) is 9.18 Å². The lowest BCUT2D eigenvalue weighted by molar-refractivity contribution is 0.0688. The molecule has 0 aliphatic carbocycles. The van der Waals surface area contributed by atoms with Gasteiger partial charge in [0.05, 0.1) is 5.69 Å². The van der Waals surface area contributed by atoms with Crippen LogP contribution in [-0.4, -0.2) is 15.6 Å². The number of benzene rings is 1. The number of carbonyl (C=O) groups is 1. The average molecular weight is 457 g/mol. The van der Waals surface area contributed by atoms with Crippen LogP contribution in [0, 0.1) is 13.0 Å². The van der Waals surface area contributed by atoms with E-state index in [4.69, 9.17) is 5.11 Å². The van der Waals surface area contributed by atoms with Gasteiger partial charge in [0.15, 0.2) is 0 Å². The highest BCUT2D eigenvalue weighted by atomic mass is 127. The third kappa shape index (κ3) is 2.62. The average Bonchev–Trinajstić information content (AvgIpc) is 2.60. The Hall–Kier alpha value is -0.640. The number of carboxylic acids is 1. The predicted octanol–water partition coefficient (Wildman–Crippen LogP) is 3.52. The third-order valence-electron chi connectivity index (χ3n) is 2.17. The summed E-state index contributed by atoms with van der Waals surface area (Å²) >= 11 is 4.03. The van der Waals surface area contributed by atoms with Crippen LogP contribution in [0.15, 0.2) is 30.5 Å². The van der Waals surface area contributed by atoms with E-state index in [1.54, 1.807) is 22.9 Å². The third-order valence-corrected chi connectivity index (χ3v) is 3.63. The predicted molar refractivity (Wildman–Crippen MR) is 78.1 cm³/mol. The van der Waals surface area contributed by atoms with Crippen LogP contribution < -0.4 is 0 Å². The van der Waals surface area contributed by atoms with Crippen LogP contribution in [0.25, 0.3) is 5.69 Å². The maximum Gasteiger partial charge on any atom is 0.352 e. The SMILES string of the molecule is O=C(O)c1cc(I)cn1-c1ccc(F)cc1I. The highest BCUT2D eigenvalue weighted by molar-refractivity contribution is 14.1. The van der Waals surface area contributed by atoms with Gasteiger partial charge < -0.3 is 9.67 Å². The summed E-state index contributed by atoms with van der Waals surface area (Å²) in [6.45, 7) is 0. The summed E-state index contributed by atoms with van der Waals surface area (Å²) in [5, 5.41) is 9.09. The van der Waals surface area contributed by atoms with Crippen LogP contribution in [0.3, 0.4) is 0 Å². The molecule has 1 N–H and O–H groups in total. The Morgan fingerprint density at radius 3 is 2.59 bits per heavy atom. The van der Waals surface area contributed by atoms with E-state index in [1.165, 1.54) is 12.1 Å². The molecule has 1 aromatic heterocycles. The molecule has 3 nitrogen and oxygen atoms in total. The summed E-state index contributed by atoms with van der Waals surface area (Å²) in [6, 6.07) is 5.83. The number of hydrogen-bond acceptors (Lipinski definition) is 1. The van der Waals surface area contributed by atoms with Crippen molar-refractivity contribution >= 4 is 51.2 Å². The van der Waals surface area contributed by atoms with Crippen LogP contribution in [0.1, 0.15) is 10.5 Å². The number of rotatable bonds is 2. The van der Waals surface area contributed by atoms with Gasteiger partial charge in [-0.15, -0.1) is 0 Å². The van der Waals surface area contributed by atoms with Crippen molar-refractivity contribution < 1.29 is 14.3 Å². The highest BCUT2D eigenvalue weighted by Gasteiger charge is 2.14. The molecule has 0 bridgehead atoms. The van der Waals surface area contributed by atoms with Crippen LogP contribution in [0.5, 0.6) is 0 Å². The molecule has 0 saturated carbocycles. The summed E-state index contributed by atoms with van der Waals surface area (Å²) < 4.78 is 16.0. The normalized spacial score (nSPS) is 10.5. The van der Waals surface area contributed by atoms with Crippen LogP contribution in [0.2, 0.25) is 0 Å². The zero-order valence-electron chi connectivity index (χ0n) is 8.32. The van der Waals surface area contributed by atoms with E-state index in [2.05, 4.69) is 0 Å². The summed E-state index contributed by atoms with van der Waals surface area (Å²) in [7, 11) is 0. The fraction of sp³-hybridized carbons (Fsp3) is 0. The van der Waals surface area contributed by atoms with Gasteiger partial charge in [0.2, 0.25) is 0 Å². The molecule has 0 atom stereocenters. The number of nitrogens with zero attached hydrogens (tertiary/aromatic N) is 1. The topological polar surface area (TPSA) is 42.2 Å². The van der Waals surface area contributed by atoms with E-state index in [0.29, 0.717) is 9.26 Å². The van der Waals surface area contributed by atoms with Crippen molar-refractivity contribution in [2.75, 3.05) is 0 Å². The molecule has 1 heterocycles. The Labute approximate surface area is 124 Å². The summed E-state index contributed by atoms with van der Waals surface area (Å²) in [5.74, 6) is -1.34. The van der Waals surface area contributed by atoms with Gasteiger partial charge in [-0.1, -0.05) is 0 Å². The second-order valence-electron chi connectivity index (χ2n) is 3.31. The van der Waals surface area contributed by atoms with Gasteiger partial charge in [0.1, 0.15) is 11.5 Å². The van der Waals surface area contributed by atoms with Gasteiger partial charge in [0.25, 0.3) is 0 Å². The molecule has 0 saturated heterocycles. The molecule has 2 aromatic rings. The second-order valence-corrected chi connectivity index (χ2v) is 5.72. The lowest BCUT2D eigenvalue weighted by Crippen LogP contribution is -2.06. The molecule has 0 radical (unpaired) electrons. The van der Waals surface area contributed by atoms with E-state index in [1.807, 2.05) is 45.2 Å². The molecule has 1 aromatic carbocycles. The fourth-order valence-electron chi connectivity index (χ4n) is 1.47. The number of halogens is 3. The van der Waals surface area contributed by atoms with E-state index in [9.17, 15) is 9.18 Å². The van der Waals surface area contributed by atoms with E-state index in [-0.39, 0.29) is 11.5 Å². The van der Waals surface area contributed by atoms with E-state index < -0.39 is 5.97 Å². The first-order chi connectivity index (χ1) is 7.99. The Morgan fingerprint density at radius 2 is 2.00 bits per heavy atom. The number of hydrogen-bond donors (Lipinski definition) is 1. The second kappa shape index (κ2) is 4.92. The van der Waals surface area contributed by atoms with Gasteiger partial charge >= 0.3 is 5.97 Å². The summed E-state index contributed by atoms with van der Waals surface area (Å²) in [5.41, 5.74) is 0.825. The van der Waals surface area contributed by atoms with Crippen molar-refractivity contribution in [2.45, 2.75) is 0 Å². The van der Waals surface area contributed by atoms with Gasteiger partial charge in [-0.2, -0.15) is 0 Å². The van der Waals surface area contributed by atoms with Gasteiger partial charge in [-0.3, -0.25) is 0 Å². The molecule has 6 heteroatoms. The molecule has 0 aliphatic rings. The molecular weight excluding hydrogens is 451 g/mol. The first-order valence-electron chi connectivity index (χ1n) is 4.55. The van der Waals surface area contributed by atoms with Gasteiger partial charge in [0, 0.05) is 13.3 Å². The summed E-state index contributed by atoms with van der Waals surface area (Å²) in [4.78, 5) is 11.1. The Kier molecular flexibility index (Phi) is 3.71. The molecule has 88 valence electrons. The quantitative estimate of drug-likeness (QED) is 0.702. The molecule has 2 rings (SSSR count). The van der Waals surface area contributed by atoms with Crippen LogP contribution in [0.4, 0.5) is 4.39 Å². The van der Waals surface area contributed by atoms with Crippen molar-refractivity contribution in [3.63, 3.8) is 0 Å². The van der Waals surface area contributed by atoms with Crippen molar-refractivity contribution in [3.8, 4) is 5.69 Å². The van der Waals surface area contributed by atoms with E-state index >= 15 is 0 Å². The van der Waals surface area contributed by atoms with Crippen LogP contribution in [-0.2, 0) is 0 Å². The zero-order chi connectivity index (χ0) is 12.6. The molecule has 17 heavy (non-hydrogen) atoms. The Bertz CT molecular complexity index is 595. The molecule has 0 amide bonds. The zero-order valence-corrected chi connectivity index (χ0v) is 12.6. The smallest absolute Gasteiger partial charge is 0.352 e. The first-order valence-corrected chi connectivity index (χ1v) is 6.71. The number of carboxylic acid groups (broad SMARTS) is 1. The minimum Gasteiger partial charge on any atom is -0.477 e. The fourth-order valence-corrected chi connectivity index (χ4v) is 2.78. The number of aromatic nitrogens is 1. The van der Waals surface area contributed by atoms with Crippen LogP contribution >= 0.6 is 45.2 Å².